The lowest BCUT2D eigenvalue weighted by Gasteiger charge is -2.04. The summed E-state index contributed by atoms with van der Waals surface area (Å²) in [5.41, 5.74) is 8.52. The molecule has 0 spiro atoms. The first kappa shape index (κ1) is 11.1. The van der Waals surface area contributed by atoms with Gasteiger partial charge >= 0.3 is 0 Å². The summed E-state index contributed by atoms with van der Waals surface area (Å²) >= 11 is 0. The van der Waals surface area contributed by atoms with E-state index in [4.69, 9.17) is 5.73 Å². The Morgan fingerprint density at radius 2 is 1.41 bits per heavy atom. The Morgan fingerprint density at radius 1 is 0.882 bits per heavy atom. The Labute approximate surface area is 100 Å². The fraction of sp³-hybridized carbons (Fsp3) is 0. The highest BCUT2D eigenvalue weighted by atomic mass is 16.1. The minimum atomic E-state index is -0.488. The molecule has 84 valence electrons. The summed E-state index contributed by atoms with van der Waals surface area (Å²) in [6.07, 6.45) is 0. The first-order valence-corrected chi connectivity index (χ1v) is 5.33. The molecule has 0 radical (unpaired) electrons. The Bertz CT molecular complexity index is 541. The second kappa shape index (κ2) is 4.66. The third-order valence-corrected chi connectivity index (χ3v) is 2.64. The van der Waals surface area contributed by atoms with Crippen molar-refractivity contribution in [3.63, 3.8) is 0 Å². The van der Waals surface area contributed by atoms with Gasteiger partial charge in [-0.1, -0.05) is 61.2 Å². The first-order chi connectivity index (χ1) is 8.18. The van der Waals surface area contributed by atoms with E-state index in [-0.39, 0.29) is 0 Å². The maximum absolute atomic E-state index is 11.0. The van der Waals surface area contributed by atoms with Crippen molar-refractivity contribution in [2.24, 2.45) is 5.73 Å². The van der Waals surface area contributed by atoms with Crippen molar-refractivity contribution < 1.29 is 4.79 Å². The van der Waals surface area contributed by atoms with E-state index in [1.807, 2.05) is 54.6 Å². The lowest BCUT2D eigenvalue weighted by Crippen LogP contribution is -2.11. The minimum absolute atomic E-state index is 0.338. The number of amides is 1. The van der Waals surface area contributed by atoms with Crippen molar-refractivity contribution in [2.75, 3.05) is 0 Å². The maximum Gasteiger partial charge on any atom is 0.248 e. The van der Waals surface area contributed by atoms with Crippen LogP contribution in [0.25, 0.3) is 16.7 Å². The monoisotopic (exact) mass is 223 g/mol. The molecule has 17 heavy (non-hydrogen) atoms. The Morgan fingerprint density at radius 3 is 1.94 bits per heavy atom. The molecule has 2 aromatic carbocycles. The van der Waals surface area contributed by atoms with Crippen molar-refractivity contribution in [3.8, 4) is 11.1 Å². The highest BCUT2D eigenvalue weighted by Gasteiger charge is 2.04. The van der Waals surface area contributed by atoms with Crippen LogP contribution in [0.15, 0.2) is 61.2 Å². The largest absolute Gasteiger partial charge is 0.366 e. The Hall–Kier alpha value is -2.35. The summed E-state index contributed by atoms with van der Waals surface area (Å²) in [6.45, 7) is 3.65. The van der Waals surface area contributed by atoms with E-state index in [0.717, 1.165) is 16.7 Å². The fourth-order valence-corrected chi connectivity index (χ4v) is 1.64. The van der Waals surface area contributed by atoms with Crippen molar-refractivity contribution in [2.45, 2.75) is 0 Å². The Kier molecular flexibility index (Phi) is 3.06. The first-order valence-electron chi connectivity index (χ1n) is 5.33. The van der Waals surface area contributed by atoms with Gasteiger partial charge in [-0.05, 0) is 16.7 Å². The molecule has 2 rings (SSSR count). The standard InChI is InChI=1S/C15H13NO/c1-11(15(16)17)12-7-9-14(10-8-12)13-5-3-2-4-6-13/h2-10H,1H2,(H2,16,17). The number of hydrogen-bond donors (Lipinski definition) is 1. The number of carbonyl (C=O) groups is 1. The van der Waals surface area contributed by atoms with Gasteiger partial charge in [0.05, 0.1) is 0 Å². The van der Waals surface area contributed by atoms with Crippen LogP contribution in [0.2, 0.25) is 0 Å². The average Bonchev–Trinajstić information content (AvgIpc) is 2.39. The van der Waals surface area contributed by atoms with Crippen LogP contribution in [-0.4, -0.2) is 5.91 Å². The minimum Gasteiger partial charge on any atom is -0.366 e. The van der Waals surface area contributed by atoms with Crippen LogP contribution < -0.4 is 5.73 Å². The highest BCUT2D eigenvalue weighted by Crippen LogP contribution is 2.21. The Balaban J connectivity index is 2.31. The predicted molar refractivity (Wildman–Crippen MR) is 70.1 cm³/mol. The van der Waals surface area contributed by atoms with Crippen LogP contribution in [-0.2, 0) is 4.79 Å². The molecule has 2 aromatic rings. The third kappa shape index (κ3) is 2.42. The van der Waals surface area contributed by atoms with Gasteiger partial charge in [-0.15, -0.1) is 0 Å². The van der Waals surface area contributed by atoms with Crippen LogP contribution in [0.4, 0.5) is 0 Å². The van der Waals surface area contributed by atoms with Crippen molar-refractivity contribution in [1.82, 2.24) is 0 Å². The van der Waals surface area contributed by atoms with E-state index in [0.29, 0.717) is 5.57 Å². The molecule has 0 aliphatic carbocycles. The van der Waals surface area contributed by atoms with Crippen LogP contribution >= 0.6 is 0 Å². The van der Waals surface area contributed by atoms with E-state index in [9.17, 15) is 4.79 Å². The van der Waals surface area contributed by atoms with Gasteiger partial charge in [-0.2, -0.15) is 0 Å². The number of rotatable bonds is 3. The van der Waals surface area contributed by atoms with Crippen LogP contribution in [0, 0.1) is 0 Å². The lowest BCUT2D eigenvalue weighted by molar-refractivity contribution is -0.112. The summed E-state index contributed by atoms with van der Waals surface area (Å²) in [7, 11) is 0. The molecule has 2 N–H and O–H groups in total. The highest BCUT2D eigenvalue weighted by molar-refractivity contribution is 6.17. The fourth-order valence-electron chi connectivity index (χ4n) is 1.64. The molecule has 2 heteroatoms. The van der Waals surface area contributed by atoms with Crippen molar-refractivity contribution in [1.29, 1.82) is 0 Å². The molecule has 0 saturated heterocycles. The van der Waals surface area contributed by atoms with Gasteiger partial charge in [0.1, 0.15) is 0 Å². The molecule has 0 saturated carbocycles. The van der Waals surface area contributed by atoms with E-state index in [1.54, 1.807) is 0 Å². The van der Waals surface area contributed by atoms with Gasteiger partial charge in [0.25, 0.3) is 0 Å². The predicted octanol–water partition coefficient (Wildman–Crippen LogP) is 2.85. The smallest absolute Gasteiger partial charge is 0.248 e. The van der Waals surface area contributed by atoms with Crippen LogP contribution in [0.5, 0.6) is 0 Å². The summed E-state index contributed by atoms with van der Waals surface area (Å²) < 4.78 is 0. The molecule has 2 nitrogen and oxygen atoms in total. The van der Waals surface area contributed by atoms with Gasteiger partial charge in [0, 0.05) is 5.57 Å². The molecule has 0 unspecified atom stereocenters. The SMILES string of the molecule is C=C(C(N)=O)c1ccc(-c2ccccc2)cc1. The third-order valence-electron chi connectivity index (χ3n) is 2.64. The van der Waals surface area contributed by atoms with Crippen LogP contribution in [0.1, 0.15) is 5.56 Å². The maximum atomic E-state index is 11.0. The second-order valence-electron chi connectivity index (χ2n) is 3.79. The molecule has 1 amide bonds. The van der Waals surface area contributed by atoms with Crippen molar-refractivity contribution >= 4 is 11.5 Å². The lowest BCUT2D eigenvalue weighted by atomic mass is 10.0. The summed E-state index contributed by atoms with van der Waals surface area (Å²) in [4.78, 5) is 11.0. The molecule has 0 aromatic heterocycles. The number of carbonyl (C=O) groups excluding carboxylic acids is 1. The molecule has 0 atom stereocenters. The van der Waals surface area contributed by atoms with E-state index in [2.05, 4.69) is 6.58 Å². The summed E-state index contributed by atoms with van der Waals surface area (Å²) in [5, 5.41) is 0. The van der Waals surface area contributed by atoms with Crippen LogP contribution in [0.3, 0.4) is 0 Å². The van der Waals surface area contributed by atoms with Gasteiger partial charge in [0.15, 0.2) is 0 Å². The van der Waals surface area contributed by atoms with E-state index in [1.165, 1.54) is 0 Å². The number of benzene rings is 2. The zero-order chi connectivity index (χ0) is 12.3. The molecule has 0 aliphatic rings. The van der Waals surface area contributed by atoms with Gasteiger partial charge < -0.3 is 5.73 Å². The van der Waals surface area contributed by atoms with Gasteiger partial charge in [-0.25, -0.2) is 0 Å². The topological polar surface area (TPSA) is 43.1 Å². The zero-order valence-corrected chi connectivity index (χ0v) is 9.39. The molecular weight excluding hydrogens is 210 g/mol. The number of nitrogens with two attached hydrogens (primary N) is 1. The number of hydrogen-bond acceptors (Lipinski definition) is 1. The molecule has 0 heterocycles. The second-order valence-corrected chi connectivity index (χ2v) is 3.79. The number of primary amides is 1. The van der Waals surface area contributed by atoms with Crippen molar-refractivity contribution in [3.05, 3.63) is 66.7 Å². The van der Waals surface area contributed by atoms with Gasteiger partial charge in [-0.3, -0.25) is 4.79 Å². The zero-order valence-electron chi connectivity index (χ0n) is 9.39. The molecule has 0 aliphatic heterocycles. The quantitative estimate of drug-likeness (QED) is 0.799. The summed E-state index contributed by atoms with van der Waals surface area (Å²) in [6, 6.07) is 17.7. The molecular formula is C15H13NO. The molecule has 0 bridgehead atoms. The molecule has 0 fully saturated rings. The van der Waals surface area contributed by atoms with Gasteiger partial charge in [0.2, 0.25) is 5.91 Å². The summed E-state index contributed by atoms with van der Waals surface area (Å²) in [5.74, 6) is -0.488. The average molecular weight is 223 g/mol. The van der Waals surface area contributed by atoms with E-state index >= 15 is 0 Å². The normalized spacial score (nSPS) is 9.88. The van der Waals surface area contributed by atoms with E-state index < -0.39 is 5.91 Å².